The second kappa shape index (κ2) is 6.77. The van der Waals surface area contributed by atoms with Crippen LogP contribution in [0.5, 0.6) is 0 Å². The molecule has 1 aromatic carbocycles. The quantitative estimate of drug-likeness (QED) is 0.748. The highest BCUT2D eigenvalue weighted by Gasteiger charge is 2.25. The Morgan fingerprint density at radius 2 is 2.00 bits per heavy atom. The van der Waals surface area contributed by atoms with E-state index >= 15 is 0 Å². The first kappa shape index (κ1) is 14.2. The van der Waals surface area contributed by atoms with Crippen molar-refractivity contribution in [3.05, 3.63) is 35.4 Å². The van der Waals surface area contributed by atoms with Gasteiger partial charge in [0.1, 0.15) is 12.0 Å². The molecule has 2 unspecified atom stereocenters. The number of nitriles is 1. The first-order valence-corrected chi connectivity index (χ1v) is 5.70. The number of hydrogen-bond acceptors (Lipinski definition) is 4. The summed E-state index contributed by atoms with van der Waals surface area (Å²) in [5.74, 6) is -0.932. The van der Waals surface area contributed by atoms with E-state index in [1.807, 2.05) is 31.2 Å². The molecule has 4 nitrogen and oxygen atoms in total. The Kier molecular flexibility index (Phi) is 5.34. The van der Waals surface area contributed by atoms with Gasteiger partial charge in [0.15, 0.2) is 0 Å². The molecule has 2 atom stereocenters. The molecule has 0 heterocycles. The molecule has 0 amide bonds. The summed E-state index contributed by atoms with van der Waals surface area (Å²) < 4.78 is 10.1. The third-order valence-electron chi connectivity index (χ3n) is 2.60. The van der Waals surface area contributed by atoms with Gasteiger partial charge in [0.05, 0.1) is 12.7 Å². The third kappa shape index (κ3) is 3.86. The summed E-state index contributed by atoms with van der Waals surface area (Å²) in [6.45, 7) is 3.50. The molecule has 0 radical (unpaired) electrons. The average Bonchev–Trinajstić information content (AvgIpc) is 2.32. The van der Waals surface area contributed by atoms with Crippen LogP contribution in [0.1, 0.15) is 24.0 Å². The van der Waals surface area contributed by atoms with E-state index < -0.39 is 18.0 Å². The summed E-state index contributed by atoms with van der Waals surface area (Å²) in [6, 6.07) is 9.77. The van der Waals surface area contributed by atoms with Crippen LogP contribution in [-0.4, -0.2) is 25.8 Å². The molecule has 0 saturated carbocycles. The second-order valence-corrected chi connectivity index (χ2v) is 4.12. The fraction of sp³-hybridized carbons (Fsp3) is 0.429. The van der Waals surface area contributed by atoms with Crippen molar-refractivity contribution in [1.29, 1.82) is 5.26 Å². The number of nitrogens with zero attached hydrogens (tertiary/aromatic N) is 1. The normalized spacial score (nSPS) is 13.4. The number of rotatable bonds is 5. The zero-order valence-electron chi connectivity index (χ0n) is 10.8. The molecular formula is C14H17NO3. The van der Waals surface area contributed by atoms with Crippen molar-refractivity contribution in [2.24, 2.45) is 0 Å². The van der Waals surface area contributed by atoms with Crippen LogP contribution < -0.4 is 0 Å². The van der Waals surface area contributed by atoms with Crippen molar-refractivity contribution in [2.75, 3.05) is 13.7 Å². The Balaban J connectivity index is 2.94. The monoisotopic (exact) mass is 247 g/mol. The zero-order valence-corrected chi connectivity index (χ0v) is 10.8. The molecule has 96 valence electrons. The van der Waals surface area contributed by atoms with Crippen LogP contribution in [0.15, 0.2) is 24.3 Å². The first-order chi connectivity index (χ1) is 8.58. The number of carbonyl (C=O) groups excluding carboxylic acids is 1. The zero-order chi connectivity index (χ0) is 13.5. The lowest BCUT2D eigenvalue weighted by Gasteiger charge is -2.21. The molecule has 0 aromatic heterocycles. The minimum absolute atomic E-state index is 0.200. The van der Waals surface area contributed by atoms with E-state index in [0.29, 0.717) is 0 Å². The summed E-state index contributed by atoms with van der Waals surface area (Å²) in [5, 5.41) is 9.26. The van der Waals surface area contributed by atoms with Crippen LogP contribution in [0.3, 0.4) is 0 Å². The van der Waals surface area contributed by atoms with Crippen LogP contribution in [0, 0.1) is 18.3 Å². The molecule has 4 heteroatoms. The standard InChI is InChI=1S/C14H17NO3/c1-10-4-6-12(7-5-10)13(8-15)14(9-17-3)18-11(2)16/h4-7,13-14H,9H2,1-3H3. The molecule has 1 rings (SSSR count). The summed E-state index contributed by atoms with van der Waals surface area (Å²) in [4.78, 5) is 11.0. The lowest BCUT2D eigenvalue weighted by molar-refractivity contribution is -0.149. The van der Waals surface area contributed by atoms with Gasteiger partial charge in [-0.25, -0.2) is 0 Å². The highest BCUT2D eigenvalue weighted by Crippen LogP contribution is 2.22. The van der Waals surface area contributed by atoms with Gasteiger partial charge in [0.2, 0.25) is 0 Å². The molecular weight excluding hydrogens is 230 g/mol. The van der Waals surface area contributed by atoms with Crippen molar-refractivity contribution >= 4 is 5.97 Å². The Bertz CT molecular complexity index is 433. The van der Waals surface area contributed by atoms with Crippen molar-refractivity contribution in [3.8, 4) is 6.07 Å². The number of methoxy groups -OCH3 is 1. The summed E-state index contributed by atoms with van der Waals surface area (Å²) >= 11 is 0. The van der Waals surface area contributed by atoms with Gasteiger partial charge >= 0.3 is 5.97 Å². The molecule has 0 bridgehead atoms. The van der Waals surface area contributed by atoms with E-state index in [2.05, 4.69) is 6.07 Å². The molecule has 18 heavy (non-hydrogen) atoms. The number of esters is 1. The van der Waals surface area contributed by atoms with E-state index in [-0.39, 0.29) is 6.61 Å². The third-order valence-corrected chi connectivity index (χ3v) is 2.60. The van der Waals surface area contributed by atoms with E-state index in [1.54, 1.807) is 0 Å². The molecule has 0 aliphatic carbocycles. The smallest absolute Gasteiger partial charge is 0.303 e. The van der Waals surface area contributed by atoms with Crippen LogP contribution in [-0.2, 0) is 14.3 Å². The molecule has 1 aromatic rings. The van der Waals surface area contributed by atoms with Crippen molar-refractivity contribution in [2.45, 2.75) is 25.9 Å². The van der Waals surface area contributed by atoms with Gasteiger partial charge < -0.3 is 9.47 Å². The Labute approximate surface area is 107 Å². The lowest BCUT2D eigenvalue weighted by atomic mass is 9.94. The maximum atomic E-state index is 11.0. The van der Waals surface area contributed by atoms with E-state index in [9.17, 15) is 10.1 Å². The van der Waals surface area contributed by atoms with Crippen molar-refractivity contribution in [1.82, 2.24) is 0 Å². The number of aryl methyl sites for hydroxylation is 1. The SMILES string of the molecule is COCC(OC(C)=O)C(C#N)c1ccc(C)cc1. The lowest BCUT2D eigenvalue weighted by Crippen LogP contribution is -2.28. The van der Waals surface area contributed by atoms with Gasteiger partial charge in [-0.1, -0.05) is 29.8 Å². The van der Waals surface area contributed by atoms with Crippen molar-refractivity contribution in [3.63, 3.8) is 0 Å². The molecule has 0 N–H and O–H groups in total. The summed E-state index contributed by atoms with van der Waals surface area (Å²) in [6.07, 6.45) is -0.583. The average molecular weight is 247 g/mol. The van der Waals surface area contributed by atoms with Crippen molar-refractivity contribution < 1.29 is 14.3 Å². The van der Waals surface area contributed by atoms with Gasteiger partial charge in [-0.05, 0) is 12.5 Å². The highest BCUT2D eigenvalue weighted by molar-refractivity contribution is 5.66. The predicted molar refractivity (Wildman–Crippen MR) is 67.0 cm³/mol. The molecule has 0 fully saturated rings. The van der Waals surface area contributed by atoms with Gasteiger partial charge in [-0.3, -0.25) is 4.79 Å². The fourth-order valence-corrected chi connectivity index (χ4v) is 1.72. The number of hydrogen-bond donors (Lipinski definition) is 0. The second-order valence-electron chi connectivity index (χ2n) is 4.12. The number of ether oxygens (including phenoxy) is 2. The minimum atomic E-state index is -0.583. The summed E-state index contributed by atoms with van der Waals surface area (Å²) in [5.41, 5.74) is 1.94. The van der Waals surface area contributed by atoms with Gasteiger partial charge in [-0.15, -0.1) is 0 Å². The van der Waals surface area contributed by atoms with Crippen LogP contribution >= 0.6 is 0 Å². The maximum Gasteiger partial charge on any atom is 0.303 e. The maximum absolute atomic E-state index is 11.0. The number of benzene rings is 1. The van der Waals surface area contributed by atoms with E-state index in [0.717, 1.165) is 11.1 Å². The van der Waals surface area contributed by atoms with E-state index in [4.69, 9.17) is 9.47 Å². The van der Waals surface area contributed by atoms with Crippen LogP contribution in [0.4, 0.5) is 0 Å². The molecule has 0 aliphatic rings. The predicted octanol–water partition coefficient (Wildman–Crippen LogP) is 2.18. The number of carbonyl (C=O) groups is 1. The summed E-state index contributed by atoms with van der Waals surface area (Å²) in [7, 11) is 1.51. The van der Waals surface area contributed by atoms with E-state index in [1.165, 1.54) is 14.0 Å². The molecule has 0 spiro atoms. The Hall–Kier alpha value is -1.86. The van der Waals surface area contributed by atoms with Crippen LogP contribution in [0.25, 0.3) is 0 Å². The Morgan fingerprint density at radius 3 is 2.44 bits per heavy atom. The first-order valence-electron chi connectivity index (χ1n) is 5.70. The van der Waals surface area contributed by atoms with Crippen LogP contribution in [0.2, 0.25) is 0 Å². The topological polar surface area (TPSA) is 59.3 Å². The molecule has 0 saturated heterocycles. The largest absolute Gasteiger partial charge is 0.458 e. The van der Waals surface area contributed by atoms with Gasteiger partial charge in [0, 0.05) is 14.0 Å². The fourth-order valence-electron chi connectivity index (χ4n) is 1.72. The minimum Gasteiger partial charge on any atom is -0.458 e. The van der Waals surface area contributed by atoms with Gasteiger partial charge in [0.25, 0.3) is 0 Å². The highest BCUT2D eigenvalue weighted by atomic mass is 16.6. The molecule has 0 aliphatic heterocycles. The Morgan fingerprint density at radius 1 is 1.39 bits per heavy atom. The van der Waals surface area contributed by atoms with Gasteiger partial charge in [-0.2, -0.15) is 5.26 Å².